The summed E-state index contributed by atoms with van der Waals surface area (Å²) in [6.45, 7) is 10.3. The predicted molar refractivity (Wildman–Crippen MR) is 162 cm³/mol. The number of aromatic amines is 1. The van der Waals surface area contributed by atoms with Crippen LogP contribution in [0.4, 0.5) is 11.5 Å². The molecule has 2 aromatic heterocycles. The number of nitrogens with zero attached hydrogens (tertiary/aromatic N) is 4. The molecular formula is C32H40IN6O3-. The van der Waals surface area contributed by atoms with E-state index in [0.29, 0.717) is 17.7 Å². The molecule has 2 aliphatic rings. The summed E-state index contributed by atoms with van der Waals surface area (Å²) in [6, 6.07) is 9.90. The number of hydrogen-bond donors (Lipinski definition) is 2. The molecule has 3 aromatic rings. The number of aryl methyl sites for hydroxylation is 2. The standard InChI is InChI=1S/C32H40IN6O3/c1-6-39(32(42)23-8-9-23)28-16-25(24-10-11-29(34-17-24)38-13-7-12-37(5)33-19-38)15-26(22(28)4)30(40)35-18-27-20(2)14-21(3)36-31(27)41/h10-11,14-17,23H,6-9,12-13,18-19H2,1-5H3,(H,35,40)(H,36,41)/q-1. The number of nitrogens with one attached hydrogen (secondary N) is 2. The van der Waals surface area contributed by atoms with Gasteiger partial charge in [-0.15, -0.1) is 0 Å². The van der Waals surface area contributed by atoms with Gasteiger partial charge in [0.2, 0.25) is 0 Å². The van der Waals surface area contributed by atoms with Crippen LogP contribution < -0.4 is 42.2 Å². The van der Waals surface area contributed by atoms with Crippen LogP contribution in [0.15, 0.2) is 41.3 Å². The summed E-state index contributed by atoms with van der Waals surface area (Å²) in [6.07, 6.45) is 4.81. The molecular weight excluding hydrogens is 643 g/mol. The van der Waals surface area contributed by atoms with Gasteiger partial charge in [0.15, 0.2) is 0 Å². The third-order valence-corrected chi connectivity index (χ3v) is 10.8. The Kier molecular flexibility index (Phi) is 9.32. The van der Waals surface area contributed by atoms with Gasteiger partial charge in [-0.2, -0.15) is 0 Å². The van der Waals surface area contributed by atoms with Gasteiger partial charge in [0.05, 0.1) is 0 Å². The normalized spacial score (nSPS) is 16.0. The molecule has 10 heteroatoms. The molecule has 0 bridgehead atoms. The van der Waals surface area contributed by atoms with E-state index < -0.39 is 0 Å². The quantitative estimate of drug-likeness (QED) is 0.160. The van der Waals surface area contributed by atoms with E-state index >= 15 is 0 Å². The molecule has 5 rings (SSSR count). The molecule has 3 heterocycles. The summed E-state index contributed by atoms with van der Waals surface area (Å²) in [5, 5.41) is 2.96. The molecule has 1 saturated heterocycles. The van der Waals surface area contributed by atoms with E-state index in [4.69, 9.17) is 4.98 Å². The zero-order valence-corrected chi connectivity index (χ0v) is 27.2. The maximum absolute atomic E-state index is 13.7. The van der Waals surface area contributed by atoms with Gasteiger partial charge in [-0.05, 0) is 38.3 Å². The minimum absolute atomic E-state index is 0.0422. The van der Waals surface area contributed by atoms with Gasteiger partial charge < -0.3 is 4.98 Å². The number of carbonyl (C=O) groups is 2. The zero-order chi connectivity index (χ0) is 30.0. The van der Waals surface area contributed by atoms with Crippen molar-refractivity contribution in [3.05, 3.63) is 74.8 Å². The zero-order valence-electron chi connectivity index (χ0n) is 25.1. The number of amides is 2. The average molecular weight is 684 g/mol. The second kappa shape index (κ2) is 12.9. The number of alkyl halides is 1. The number of rotatable bonds is 8. The Balaban J connectivity index is 1.48. The molecule has 1 aromatic carbocycles. The topological polar surface area (TPSA) is 102 Å². The average Bonchev–Trinajstić information content (AvgIpc) is 3.82. The van der Waals surface area contributed by atoms with E-state index in [9.17, 15) is 14.4 Å². The van der Waals surface area contributed by atoms with Crippen molar-refractivity contribution in [1.82, 2.24) is 18.4 Å². The Labute approximate surface area is 258 Å². The molecule has 2 amide bonds. The van der Waals surface area contributed by atoms with Crippen LogP contribution in [0.2, 0.25) is 0 Å². The summed E-state index contributed by atoms with van der Waals surface area (Å²) in [4.78, 5) is 51.3. The van der Waals surface area contributed by atoms with E-state index in [1.54, 1.807) is 4.90 Å². The van der Waals surface area contributed by atoms with E-state index in [1.165, 1.54) is 0 Å². The first-order valence-corrected chi connectivity index (χ1v) is 17.1. The Morgan fingerprint density at radius 1 is 1.12 bits per heavy atom. The van der Waals surface area contributed by atoms with Crippen LogP contribution in [0.3, 0.4) is 0 Å². The number of halogens is 1. The van der Waals surface area contributed by atoms with E-state index in [1.807, 2.05) is 52.1 Å². The number of hydrogen-bond acceptors (Lipinski definition) is 6. The molecule has 0 atom stereocenters. The molecule has 224 valence electrons. The number of anilines is 2. The van der Waals surface area contributed by atoms with Gasteiger partial charge >= 0.3 is 194 Å². The summed E-state index contributed by atoms with van der Waals surface area (Å²) in [5.41, 5.74) is 5.62. The molecule has 42 heavy (non-hydrogen) atoms. The van der Waals surface area contributed by atoms with Crippen LogP contribution in [0.5, 0.6) is 0 Å². The molecule has 0 spiro atoms. The summed E-state index contributed by atoms with van der Waals surface area (Å²) in [7, 11) is 2.20. The monoisotopic (exact) mass is 683 g/mol. The maximum atomic E-state index is 13.7. The molecule has 1 aliphatic heterocycles. The minimum atomic E-state index is -0.285. The first-order valence-electron chi connectivity index (χ1n) is 14.6. The number of aromatic nitrogens is 2. The van der Waals surface area contributed by atoms with E-state index in [0.717, 1.165) is 76.4 Å². The van der Waals surface area contributed by atoms with Crippen molar-refractivity contribution < 1.29 is 31.1 Å². The van der Waals surface area contributed by atoms with E-state index in [2.05, 4.69) is 37.5 Å². The van der Waals surface area contributed by atoms with Crippen LogP contribution in [-0.4, -0.2) is 56.1 Å². The molecule has 2 fully saturated rings. The molecule has 0 unspecified atom stereocenters. The number of H-pyrrole nitrogens is 1. The van der Waals surface area contributed by atoms with Crippen molar-refractivity contribution in [3.8, 4) is 11.1 Å². The van der Waals surface area contributed by atoms with Crippen molar-refractivity contribution in [2.45, 2.75) is 53.5 Å². The fourth-order valence-electron chi connectivity index (χ4n) is 5.42. The second-order valence-corrected chi connectivity index (χ2v) is 14.3. The number of carbonyl (C=O) groups excluding carboxylic acids is 2. The van der Waals surface area contributed by atoms with Crippen molar-refractivity contribution in [2.24, 2.45) is 5.92 Å². The predicted octanol–water partition coefficient (Wildman–Crippen LogP) is 1.16. The van der Waals surface area contributed by atoms with Gasteiger partial charge in [0, 0.05) is 11.3 Å². The van der Waals surface area contributed by atoms with E-state index in [-0.39, 0.29) is 51.3 Å². The van der Waals surface area contributed by atoms with Gasteiger partial charge in [-0.1, -0.05) is 0 Å². The first-order chi connectivity index (χ1) is 20.2. The molecule has 1 aliphatic carbocycles. The van der Waals surface area contributed by atoms with Crippen LogP contribution in [-0.2, 0) is 11.3 Å². The Bertz CT molecular complexity index is 1530. The molecule has 2 N–H and O–H groups in total. The van der Waals surface area contributed by atoms with Gasteiger partial charge in [0.1, 0.15) is 0 Å². The van der Waals surface area contributed by atoms with Gasteiger partial charge in [-0.25, -0.2) is 0 Å². The van der Waals surface area contributed by atoms with Crippen molar-refractivity contribution in [1.29, 1.82) is 0 Å². The number of pyridine rings is 2. The van der Waals surface area contributed by atoms with Gasteiger partial charge in [-0.3, -0.25) is 4.79 Å². The molecule has 9 nitrogen and oxygen atoms in total. The Morgan fingerprint density at radius 3 is 2.57 bits per heavy atom. The Morgan fingerprint density at radius 2 is 1.90 bits per heavy atom. The third-order valence-electron chi connectivity index (χ3n) is 8.05. The second-order valence-electron chi connectivity index (χ2n) is 11.2. The first kappa shape index (κ1) is 30.2. The Hall–Kier alpha value is -3.25. The van der Waals surface area contributed by atoms with Crippen molar-refractivity contribution >= 4 is 23.3 Å². The van der Waals surface area contributed by atoms with Crippen LogP contribution in [0.25, 0.3) is 11.1 Å². The van der Waals surface area contributed by atoms with Crippen molar-refractivity contribution in [3.63, 3.8) is 0 Å². The summed E-state index contributed by atoms with van der Waals surface area (Å²) >= 11 is -0.0422. The van der Waals surface area contributed by atoms with Gasteiger partial charge in [0.25, 0.3) is 5.56 Å². The third kappa shape index (κ3) is 6.70. The summed E-state index contributed by atoms with van der Waals surface area (Å²) in [5.74, 6) is 0.843. The van der Waals surface area contributed by atoms with Crippen LogP contribution >= 0.6 is 0 Å². The fraction of sp³-hybridized carbons (Fsp3) is 0.438. The van der Waals surface area contributed by atoms with Crippen molar-refractivity contribution in [2.75, 3.05) is 41.0 Å². The fourth-order valence-corrected chi connectivity index (χ4v) is 7.68. The van der Waals surface area contributed by atoms with Crippen LogP contribution in [0, 0.1) is 26.7 Å². The number of benzene rings is 1. The molecule has 1 saturated carbocycles. The SMILES string of the molecule is CCN(C(=O)C1CC1)c1cc(-c2ccc(N3CCCN(C)[I-]C3)nc2)cc(C(=O)NCc2c(C)cc(C)[nH]c2=O)c1C. The summed E-state index contributed by atoms with van der Waals surface area (Å²) < 4.78 is 3.49. The van der Waals surface area contributed by atoms with Crippen LogP contribution in [0.1, 0.15) is 58.9 Å². The molecule has 0 radical (unpaired) electrons.